The van der Waals surface area contributed by atoms with Crippen molar-refractivity contribution in [1.82, 2.24) is 10.2 Å². The number of carbonyl (C=O) groups is 1. The number of amides is 1. The number of nitrogens with zero attached hydrogens (tertiary/aromatic N) is 1. The summed E-state index contributed by atoms with van der Waals surface area (Å²) in [7, 11) is 0. The molecule has 1 unspecified atom stereocenters. The predicted octanol–water partition coefficient (Wildman–Crippen LogP) is 1.52. The molecule has 1 atom stereocenters. The molecule has 2 rings (SSSR count). The van der Waals surface area contributed by atoms with E-state index < -0.39 is 6.09 Å². The van der Waals surface area contributed by atoms with Gasteiger partial charge >= 0.3 is 6.09 Å². The maximum absolute atomic E-state index is 10.5. The molecule has 2 fully saturated rings. The molecule has 1 saturated heterocycles. The first-order chi connectivity index (χ1) is 7.10. The number of carboxylic acid groups (broad SMARTS) is 1. The number of hydrogen-bond donors (Lipinski definition) is 2. The van der Waals surface area contributed by atoms with Crippen LogP contribution in [-0.4, -0.2) is 41.8 Å². The molecule has 1 aliphatic heterocycles. The number of piperidine rings is 1. The molecule has 0 aromatic carbocycles. The Morgan fingerprint density at radius 2 is 2.27 bits per heavy atom. The summed E-state index contributed by atoms with van der Waals surface area (Å²) in [6, 6.07) is 0.0383. The summed E-state index contributed by atoms with van der Waals surface area (Å²) in [5.74, 6) is 0. The molecule has 2 aliphatic rings. The second-order valence-electron chi connectivity index (χ2n) is 5.19. The molecule has 86 valence electrons. The molecule has 1 spiro atoms. The average Bonchev–Trinajstić information content (AvgIpc) is 2.83. The van der Waals surface area contributed by atoms with Crippen LogP contribution in [-0.2, 0) is 0 Å². The molecule has 1 heterocycles. The van der Waals surface area contributed by atoms with Gasteiger partial charge < -0.3 is 15.3 Å². The van der Waals surface area contributed by atoms with Gasteiger partial charge in [0.25, 0.3) is 0 Å². The maximum atomic E-state index is 10.5. The zero-order chi connectivity index (χ0) is 10.9. The number of hydrogen-bond acceptors (Lipinski definition) is 2. The first-order valence-corrected chi connectivity index (χ1v) is 5.81. The Morgan fingerprint density at radius 1 is 1.53 bits per heavy atom. The van der Waals surface area contributed by atoms with E-state index in [2.05, 4.69) is 10.2 Å². The lowest BCUT2D eigenvalue weighted by Crippen LogP contribution is -2.45. The van der Waals surface area contributed by atoms with Crippen LogP contribution in [0.3, 0.4) is 0 Å². The minimum absolute atomic E-state index is 0.0383. The predicted molar refractivity (Wildman–Crippen MR) is 58.0 cm³/mol. The topological polar surface area (TPSA) is 52.6 Å². The van der Waals surface area contributed by atoms with Crippen LogP contribution in [0.4, 0.5) is 4.79 Å². The van der Waals surface area contributed by atoms with E-state index in [0.29, 0.717) is 5.41 Å². The van der Waals surface area contributed by atoms with Gasteiger partial charge in [-0.15, -0.1) is 0 Å². The first kappa shape index (κ1) is 10.7. The van der Waals surface area contributed by atoms with E-state index in [4.69, 9.17) is 5.11 Å². The molecular formula is C11H20N2O2. The largest absolute Gasteiger partial charge is 0.465 e. The molecule has 1 saturated carbocycles. The van der Waals surface area contributed by atoms with Gasteiger partial charge in [-0.2, -0.15) is 0 Å². The SMILES string of the molecule is CC(CN1CCCC2(CC2)C1)NC(=O)O. The third-order valence-electron chi connectivity index (χ3n) is 3.60. The highest BCUT2D eigenvalue weighted by Gasteiger charge is 2.45. The molecule has 1 aliphatic carbocycles. The summed E-state index contributed by atoms with van der Waals surface area (Å²) in [5.41, 5.74) is 0.626. The Balaban J connectivity index is 1.76. The highest BCUT2D eigenvalue weighted by Crippen LogP contribution is 2.51. The van der Waals surface area contributed by atoms with Crippen molar-refractivity contribution in [3.05, 3.63) is 0 Å². The summed E-state index contributed by atoms with van der Waals surface area (Å²) in [6.45, 7) is 5.10. The van der Waals surface area contributed by atoms with Gasteiger partial charge in [0.15, 0.2) is 0 Å². The molecular weight excluding hydrogens is 192 g/mol. The van der Waals surface area contributed by atoms with Crippen molar-refractivity contribution in [1.29, 1.82) is 0 Å². The van der Waals surface area contributed by atoms with Gasteiger partial charge in [0.2, 0.25) is 0 Å². The van der Waals surface area contributed by atoms with Crippen molar-refractivity contribution < 1.29 is 9.90 Å². The van der Waals surface area contributed by atoms with E-state index in [9.17, 15) is 4.79 Å². The van der Waals surface area contributed by atoms with Gasteiger partial charge in [0.05, 0.1) is 0 Å². The molecule has 0 aromatic rings. The number of likely N-dealkylation sites (tertiary alicyclic amines) is 1. The van der Waals surface area contributed by atoms with Crippen molar-refractivity contribution in [2.75, 3.05) is 19.6 Å². The van der Waals surface area contributed by atoms with E-state index >= 15 is 0 Å². The van der Waals surface area contributed by atoms with E-state index in [-0.39, 0.29) is 6.04 Å². The standard InChI is InChI=1S/C11H20N2O2/c1-9(12-10(14)15)7-13-6-2-3-11(8-13)4-5-11/h9,12H,2-8H2,1H3,(H,14,15). The van der Waals surface area contributed by atoms with E-state index in [1.165, 1.54) is 32.2 Å². The quantitative estimate of drug-likeness (QED) is 0.745. The fourth-order valence-corrected chi connectivity index (χ4v) is 2.69. The zero-order valence-corrected chi connectivity index (χ0v) is 9.33. The van der Waals surface area contributed by atoms with Crippen LogP contribution < -0.4 is 5.32 Å². The maximum Gasteiger partial charge on any atom is 0.404 e. The Bertz CT molecular complexity index is 251. The summed E-state index contributed by atoms with van der Waals surface area (Å²) < 4.78 is 0. The second-order valence-corrected chi connectivity index (χ2v) is 5.19. The Hall–Kier alpha value is -0.770. The second kappa shape index (κ2) is 4.00. The lowest BCUT2D eigenvalue weighted by Gasteiger charge is -2.34. The van der Waals surface area contributed by atoms with E-state index in [1.54, 1.807) is 0 Å². The Morgan fingerprint density at radius 3 is 2.87 bits per heavy atom. The van der Waals surface area contributed by atoms with Gasteiger partial charge in [-0.05, 0) is 44.6 Å². The third-order valence-corrected chi connectivity index (χ3v) is 3.60. The normalized spacial score (nSPS) is 26.2. The van der Waals surface area contributed by atoms with Crippen LogP contribution in [0, 0.1) is 5.41 Å². The fourth-order valence-electron chi connectivity index (χ4n) is 2.69. The van der Waals surface area contributed by atoms with Gasteiger partial charge in [-0.1, -0.05) is 0 Å². The number of rotatable bonds is 3. The van der Waals surface area contributed by atoms with Crippen LogP contribution in [0.25, 0.3) is 0 Å². The van der Waals surface area contributed by atoms with Crippen molar-refractivity contribution in [2.45, 2.75) is 38.6 Å². The van der Waals surface area contributed by atoms with Gasteiger partial charge in [-0.25, -0.2) is 4.79 Å². The Labute approximate surface area is 90.6 Å². The summed E-state index contributed by atoms with van der Waals surface area (Å²) >= 11 is 0. The highest BCUT2D eigenvalue weighted by atomic mass is 16.4. The summed E-state index contributed by atoms with van der Waals surface area (Å²) in [6.07, 6.45) is 4.50. The lowest BCUT2D eigenvalue weighted by atomic mass is 9.95. The van der Waals surface area contributed by atoms with Crippen LogP contribution in [0.15, 0.2) is 0 Å². The van der Waals surface area contributed by atoms with Crippen molar-refractivity contribution >= 4 is 6.09 Å². The zero-order valence-electron chi connectivity index (χ0n) is 9.33. The average molecular weight is 212 g/mol. The van der Waals surface area contributed by atoms with Gasteiger partial charge in [0, 0.05) is 19.1 Å². The number of nitrogens with one attached hydrogen (secondary N) is 1. The van der Waals surface area contributed by atoms with Gasteiger partial charge in [-0.3, -0.25) is 0 Å². The first-order valence-electron chi connectivity index (χ1n) is 5.81. The van der Waals surface area contributed by atoms with Crippen LogP contribution in [0.5, 0.6) is 0 Å². The lowest BCUT2D eigenvalue weighted by molar-refractivity contribution is 0.144. The highest BCUT2D eigenvalue weighted by molar-refractivity contribution is 5.64. The summed E-state index contributed by atoms with van der Waals surface area (Å²) in [4.78, 5) is 12.9. The van der Waals surface area contributed by atoms with Crippen LogP contribution in [0.2, 0.25) is 0 Å². The van der Waals surface area contributed by atoms with Crippen molar-refractivity contribution in [2.24, 2.45) is 5.41 Å². The van der Waals surface area contributed by atoms with Crippen molar-refractivity contribution in [3.8, 4) is 0 Å². The fraction of sp³-hybridized carbons (Fsp3) is 0.909. The van der Waals surface area contributed by atoms with E-state index in [0.717, 1.165) is 13.1 Å². The molecule has 2 N–H and O–H groups in total. The van der Waals surface area contributed by atoms with Crippen LogP contribution >= 0.6 is 0 Å². The van der Waals surface area contributed by atoms with Gasteiger partial charge in [0.1, 0.15) is 0 Å². The molecule has 15 heavy (non-hydrogen) atoms. The Kier molecular flexibility index (Phi) is 2.87. The minimum Gasteiger partial charge on any atom is -0.465 e. The minimum atomic E-state index is -0.916. The van der Waals surface area contributed by atoms with Crippen molar-refractivity contribution in [3.63, 3.8) is 0 Å². The van der Waals surface area contributed by atoms with E-state index in [1.807, 2.05) is 6.92 Å². The monoisotopic (exact) mass is 212 g/mol. The molecule has 0 bridgehead atoms. The molecule has 1 amide bonds. The molecule has 0 aromatic heterocycles. The molecule has 0 radical (unpaired) electrons. The third kappa shape index (κ3) is 2.84. The molecule has 4 heteroatoms. The summed E-state index contributed by atoms with van der Waals surface area (Å²) in [5, 5.41) is 11.1. The van der Waals surface area contributed by atoms with Crippen LogP contribution in [0.1, 0.15) is 32.6 Å². The molecule has 4 nitrogen and oxygen atoms in total. The smallest absolute Gasteiger partial charge is 0.404 e.